The highest BCUT2D eigenvalue weighted by Crippen LogP contribution is 2.28. The molecular weight excluding hydrogens is 288 g/mol. The molecule has 2 N–H and O–H groups in total. The van der Waals surface area contributed by atoms with Crippen LogP contribution in [0, 0.1) is 17.2 Å². The van der Waals surface area contributed by atoms with Crippen LogP contribution in [-0.2, 0) is 11.2 Å². The summed E-state index contributed by atoms with van der Waals surface area (Å²) < 4.78 is 0. The lowest BCUT2D eigenvalue weighted by Gasteiger charge is -2.10. The molecule has 0 spiro atoms. The van der Waals surface area contributed by atoms with Gasteiger partial charge in [-0.05, 0) is 43.0 Å². The van der Waals surface area contributed by atoms with Crippen molar-refractivity contribution in [1.82, 2.24) is 10.3 Å². The monoisotopic (exact) mass is 308 g/mol. The van der Waals surface area contributed by atoms with Crippen molar-refractivity contribution >= 4 is 22.6 Å². The minimum absolute atomic E-state index is 0.130. The maximum absolute atomic E-state index is 11.6. The highest BCUT2D eigenvalue weighted by molar-refractivity contribution is 5.83. The van der Waals surface area contributed by atoms with E-state index in [2.05, 4.69) is 40.7 Å². The number of hydrogen-bond donors (Lipinski definition) is 2. The lowest BCUT2D eigenvalue weighted by atomic mass is 10.1. The molecule has 5 heteroatoms. The van der Waals surface area contributed by atoms with Gasteiger partial charge in [0.15, 0.2) is 0 Å². The number of rotatable bonds is 6. The number of amides is 1. The van der Waals surface area contributed by atoms with Crippen molar-refractivity contribution in [2.75, 3.05) is 18.4 Å². The molecule has 1 aliphatic carbocycles. The lowest BCUT2D eigenvalue weighted by Crippen LogP contribution is -2.30. The van der Waals surface area contributed by atoms with E-state index in [4.69, 9.17) is 0 Å². The Kier molecular flexibility index (Phi) is 4.42. The van der Waals surface area contributed by atoms with Crippen LogP contribution in [-0.4, -0.2) is 24.0 Å². The Morgan fingerprint density at radius 2 is 2.17 bits per heavy atom. The van der Waals surface area contributed by atoms with Gasteiger partial charge in [-0.15, -0.1) is 0 Å². The van der Waals surface area contributed by atoms with Gasteiger partial charge >= 0.3 is 0 Å². The summed E-state index contributed by atoms with van der Waals surface area (Å²) in [5, 5.41) is 16.4. The molecule has 0 bridgehead atoms. The Balaban J connectivity index is 1.69. The first-order chi connectivity index (χ1) is 11.2. The first-order valence-electron chi connectivity index (χ1n) is 8.06. The SMILES string of the molecule is CCc1ccc2nc(NCCNC(=O)C3CC3)c(C#N)cc2c1. The third-order valence-electron chi connectivity index (χ3n) is 4.07. The summed E-state index contributed by atoms with van der Waals surface area (Å²) in [4.78, 5) is 16.1. The fourth-order valence-electron chi connectivity index (χ4n) is 2.52. The fraction of sp³-hybridized carbons (Fsp3) is 0.389. The van der Waals surface area contributed by atoms with Crippen molar-refractivity contribution in [2.45, 2.75) is 26.2 Å². The summed E-state index contributed by atoms with van der Waals surface area (Å²) >= 11 is 0. The van der Waals surface area contributed by atoms with Crippen molar-refractivity contribution in [3.8, 4) is 6.07 Å². The molecular formula is C18H20N4O. The molecule has 1 heterocycles. The number of pyridine rings is 1. The van der Waals surface area contributed by atoms with Crippen molar-refractivity contribution in [2.24, 2.45) is 5.92 Å². The lowest BCUT2D eigenvalue weighted by molar-refractivity contribution is -0.122. The summed E-state index contributed by atoms with van der Waals surface area (Å²) in [6.07, 6.45) is 2.96. The summed E-state index contributed by atoms with van der Waals surface area (Å²) in [6, 6.07) is 10.2. The average Bonchev–Trinajstić information content (AvgIpc) is 3.42. The zero-order valence-electron chi connectivity index (χ0n) is 13.2. The molecule has 118 valence electrons. The maximum atomic E-state index is 11.6. The molecule has 1 fully saturated rings. The number of nitrogens with one attached hydrogen (secondary N) is 2. The van der Waals surface area contributed by atoms with E-state index in [0.29, 0.717) is 24.5 Å². The standard InChI is InChI=1S/C18H20N4O/c1-2-12-3-6-16-14(9-12)10-15(11-19)17(22-16)20-7-8-21-18(23)13-4-5-13/h3,6,9-10,13H,2,4-5,7-8H2,1H3,(H,20,22)(H,21,23). The Bertz CT molecular complexity index is 774. The zero-order chi connectivity index (χ0) is 16.2. The highest BCUT2D eigenvalue weighted by Gasteiger charge is 2.28. The molecule has 0 saturated heterocycles. The average molecular weight is 308 g/mol. The number of benzene rings is 1. The fourth-order valence-corrected chi connectivity index (χ4v) is 2.52. The normalized spacial score (nSPS) is 13.6. The van der Waals surface area contributed by atoms with E-state index in [0.717, 1.165) is 30.2 Å². The van der Waals surface area contributed by atoms with Gasteiger partial charge in [-0.2, -0.15) is 5.26 Å². The van der Waals surface area contributed by atoms with E-state index in [1.165, 1.54) is 5.56 Å². The van der Waals surface area contributed by atoms with E-state index in [-0.39, 0.29) is 11.8 Å². The van der Waals surface area contributed by atoms with Crippen LogP contribution >= 0.6 is 0 Å². The van der Waals surface area contributed by atoms with Crippen molar-refractivity contribution < 1.29 is 4.79 Å². The summed E-state index contributed by atoms with van der Waals surface area (Å²) in [5.74, 6) is 0.923. The highest BCUT2D eigenvalue weighted by atomic mass is 16.2. The number of aryl methyl sites for hydroxylation is 1. The second-order valence-electron chi connectivity index (χ2n) is 5.87. The molecule has 1 saturated carbocycles. The van der Waals surface area contributed by atoms with E-state index in [9.17, 15) is 10.1 Å². The van der Waals surface area contributed by atoms with Crippen LogP contribution in [0.15, 0.2) is 24.3 Å². The molecule has 2 aromatic rings. The predicted molar refractivity (Wildman–Crippen MR) is 90.1 cm³/mol. The number of carbonyl (C=O) groups is 1. The maximum Gasteiger partial charge on any atom is 0.223 e. The second-order valence-corrected chi connectivity index (χ2v) is 5.87. The minimum atomic E-state index is 0.130. The molecule has 1 amide bonds. The van der Waals surface area contributed by atoms with Crippen LogP contribution < -0.4 is 10.6 Å². The van der Waals surface area contributed by atoms with E-state index in [1.54, 1.807) is 0 Å². The van der Waals surface area contributed by atoms with Gasteiger partial charge in [0, 0.05) is 24.4 Å². The van der Waals surface area contributed by atoms with Gasteiger partial charge in [-0.1, -0.05) is 13.0 Å². The Hall–Kier alpha value is -2.61. The van der Waals surface area contributed by atoms with Crippen LogP contribution in [0.25, 0.3) is 10.9 Å². The van der Waals surface area contributed by atoms with Gasteiger partial charge in [0.1, 0.15) is 11.9 Å². The van der Waals surface area contributed by atoms with E-state index < -0.39 is 0 Å². The molecule has 3 rings (SSSR count). The van der Waals surface area contributed by atoms with Crippen molar-refractivity contribution in [1.29, 1.82) is 5.26 Å². The van der Waals surface area contributed by atoms with Crippen LogP contribution in [0.3, 0.4) is 0 Å². The zero-order valence-corrected chi connectivity index (χ0v) is 13.2. The molecule has 0 aliphatic heterocycles. The summed E-state index contributed by atoms with van der Waals surface area (Å²) in [7, 11) is 0. The molecule has 5 nitrogen and oxygen atoms in total. The largest absolute Gasteiger partial charge is 0.367 e. The second kappa shape index (κ2) is 6.66. The van der Waals surface area contributed by atoms with Gasteiger partial charge in [0.25, 0.3) is 0 Å². The van der Waals surface area contributed by atoms with Gasteiger partial charge < -0.3 is 10.6 Å². The third kappa shape index (κ3) is 3.59. The quantitative estimate of drug-likeness (QED) is 0.804. The van der Waals surface area contributed by atoms with Crippen LogP contribution in [0.5, 0.6) is 0 Å². The van der Waals surface area contributed by atoms with Crippen LogP contribution in [0.4, 0.5) is 5.82 Å². The molecule has 0 radical (unpaired) electrons. The van der Waals surface area contributed by atoms with Gasteiger partial charge in [0.2, 0.25) is 5.91 Å². The number of aromatic nitrogens is 1. The molecule has 0 atom stereocenters. The summed E-state index contributed by atoms with van der Waals surface area (Å²) in [5.41, 5.74) is 2.62. The van der Waals surface area contributed by atoms with Crippen molar-refractivity contribution in [3.05, 3.63) is 35.4 Å². The molecule has 23 heavy (non-hydrogen) atoms. The topological polar surface area (TPSA) is 77.8 Å². The van der Waals surface area contributed by atoms with E-state index in [1.807, 2.05) is 12.1 Å². The Morgan fingerprint density at radius 1 is 1.35 bits per heavy atom. The molecule has 1 aromatic carbocycles. The molecule has 0 unspecified atom stereocenters. The third-order valence-corrected chi connectivity index (χ3v) is 4.07. The predicted octanol–water partition coefficient (Wildman–Crippen LogP) is 2.61. The first-order valence-corrected chi connectivity index (χ1v) is 8.06. The Morgan fingerprint density at radius 3 is 2.87 bits per heavy atom. The van der Waals surface area contributed by atoms with Crippen LogP contribution in [0.2, 0.25) is 0 Å². The number of fused-ring (bicyclic) bond motifs is 1. The van der Waals surface area contributed by atoms with Gasteiger partial charge in [0.05, 0.1) is 11.1 Å². The van der Waals surface area contributed by atoms with Gasteiger partial charge in [-0.3, -0.25) is 4.79 Å². The Labute approximate surface area is 135 Å². The number of hydrogen-bond acceptors (Lipinski definition) is 4. The number of carbonyl (C=O) groups excluding carboxylic acids is 1. The minimum Gasteiger partial charge on any atom is -0.367 e. The van der Waals surface area contributed by atoms with Crippen LogP contribution in [0.1, 0.15) is 30.9 Å². The number of nitrogens with zero attached hydrogens (tertiary/aromatic N) is 2. The van der Waals surface area contributed by atoms with Gasteiger partial charge in [-0.25, -0.2) is 4.98 Å². The first kappa shape index (κ1) is 15.3. The van der Waals surface area contributed by atoms with Crippen molar-refractivity contribution in [3.63, 3.8) is 0 Å². The molecule has 1 aliphatic rings. The summed E-state index contributed by atoms with van der Waals surface area (Å²) in [6.45, 7) is 3.19. The molecule has 1 aromatic heterocycles. The number of nitriles is 1. The smallest absolute Gasteiger partial charge is 0.223 e. The number of anilines is 1. The van der Waals surface area contributed by atoms with E-state index >= 15 is 0 Å².